The summed E-state index contributed by atoms with van der Waals surface area (Å²) in [5.74, 6) is 6.87. The van der Waals surface area contributed by atoms with Gasteiger partial charge in [0.25, 0.3) is 5.91 Å². The first-order valence-electron chi connectivity index (χ1n) is 8.34. The van der Waals surface area contributed by atoms with Crippen LogP contribution in [0.4, 0.5) is 5.69 Å². The van der Waals surface area contributed by atoms with Crippen LogP contribution in [-0.2, 0) is 4.79 Å². The number of aromatic amines is 1. The summed E-state index contributed by atoms with van der Waals surface area (Å²) >= 11 is 0. The Morgan fingerprint density at radius 3 is 2.56 bits per heavy atom. The summed E-state index contributed by atoms with van der Waals surface area (Å²) in [6.45, 7) is 0. The van der Waals surface area contributed by atoms with Crippen LogP contribution < -0.4 is 10.1 Å². The Kier molecular flexibility index (Phi) is 4.15. The van der Waals surface area contributed by atoms with E-state index in [1.807, 2.05) is 18.2 Å². The maximum absolute atomic E-state index is 12.4. The summed E-state index contributed by atoms with van der Waals surface area (Å²) in [5, 5.41) is 12.2. The molecule has 5 nitrogen and oxygen atoms in total. The van der Waals surface area contributed by atoms with Crippen LogP contribution in [0.2, 0.25) is 0 Å². The van der Waals surface area contributed by atoms with Crippen LogP contribution in [0.15, 0.2) is 54.7 Å². The molecule has 0 radical (unpaired) electrons. The fourth-order valence-corrected chi connectivity index (χ4v) is 2.90. The Morgan fingerprint density at radius 1 is 1.04 bits per heavy atom. The average molecular weight is 356 g/mol. The minimum absolute atomic E-state index is 0.162. The Morgan fingerprint density at radius 2 is 1.78 bits per heavy atom. The Balaban J connectivity index is 1.70. The van der Waals surface area contributed by atoms with E-state index >= 15 is 0 Å². The van der Waals surface area contributed by atoms with Gasteiger partial charge >= 0.3 is 0 Å². The molecule has 5 heteroatoms. The zero-order chi connectivity index (χ0) is 18.8. The normalized spacial score (nSPS) is 13.7. The van der Waals surface area contributed by atoms with Crippen molar-refractivity contribution in [1.82, 2.24) is 4.98 Å². The molecule has 0 saturated heterocycles. The third-order valence-corrected chi connectivity index (χ3v) is 4.27. The second kappa shape index (κ2) is 6.77. The van der Waals surface area contributed by atoms with Gasteiger partial charge in [-0.05, 0) is 54.6 Å². The first-order valence-corrected chi connectivity index (χ1v) is 8.34. The molecule has 2 aromatic carbocycles. The van der Waals surface area contributed by atoms with Gasteiger partial charge in [-0.3, -0.25) is 4.79 Å². The van der Waals surface area contributed by atoms with E-state index in [0.717, 1.165) is 28.1 Å². The van der Waals surface area contributed by atoms with Crippen LogP contribution in [0.25, 0.3) is 11.6 Å². The zero-order valence-corrected chi connectivity index (χ0v) is 14.5. The Bertz CT molecular complexity index is 1110. The van der Waals surface area contributed by atoms with Crippen LogP contribution in [0.5, 0.6) is 11.5 Å². The van der Waals surface area contributed by atoms with Crippen molar-refractivity contribution in [3.8, 4) is 23.3 Å². The summed E-state index contributed by atoms with van der Waals surface area (Å²) in [6, 6.07) is 14.1. The predicted octanol–water partition coefficient (Wildman–Crippen LogP) is 3.62. The highest BCUT2D eigenvalue weighted by Crippen LogP contribution is 2.34. The van der Waals surface area contributed by atoms with E-state index in [0.29, 0.717) is 11.3 Å². The quantitative estimate of drug-likeness (QED) is 0.485. The van der Waals surface area contributed by atoms with Crippen LogP contribution in [0, 0.1) is 11.8 Å². The van der Waals surface area contributed by atoms with E-state index < -0.39 is 0 Å². The number of hydrogen-bond donors (Lipinski definition) is 3. The van der Waals surface area contributed by atoms with E-state index in [4.69, 9.17) is 4.74 Å². The molecule has 0 bridgehead atoms. The van der Waals surface area contributed by atoms with Gasteiger partial charge in [-0.15, -0.1) is 0 Å². The van der Waals surface area contributed by atoms with Gasteiger partial charge in [-0.25, -0.2) is 0 Å². The molecule has 2 heterocycles. The van der Waals surface area contributed by atoms with Crippen molar-refractivity contribution in [2.24, 2.45) is 0 Å². The molecule has 1 aliphatic rings. The molecule has 0 saturated carbocycles. The van der Waals surface area contributed by atoms with Gasteiger partial charge in [0.2, 0.25) is 0 Å². The largest absolute Gasteiger partial charge is 0.508 e. The molecule has 3 N–H and O–H groups in total. The van der Waals surface area contributed by atoms with E-state index in [2.05, 4.69) is 22.1 Å². The molecular formula is C22H16N2O3. The molecule has 4 rings (SSSR count). The first-order chi connectivity index (χ1) is 13.1. The molecule has 3 aromatic rings. The number of anilines is 1. The number of H-pyrrole nitrogens is 1. The number of phenolic OH excluding ortho intramolecular Hbond substituents is 1. The number of hydrogen-bond acceptors (Lipinski definition) is 3. The number of phenols is 1. The minimum Gasteiger partial charge on any atom is -0.508 e. The second-order valence-electron chi connectivity index (χ2n) is 6.03. The number of aromatic nitrogens is 1. The third-order valence-electron chi connectivity index (χ3n) is 4.27. The van der Waals surface area contributed by atoms with Crippen LogP contribution in [0.1, 0.15) is 22.4 Å². The maximum atomic E-state index is 12.4. The van der Waals surface area contributed by atoms with E-state index in [1.165, 1.54) is 0 Å². The van der Waals surface area contributed by atoms with Crippen LogP contribution in [0.3, 0.4) is 0 Å². The van der Waals surface area contributed by atoms with Gasteiger partial charge in [-0.2, -0.15) is 0 Å². The number of carbonyl (C=O) groups excluding carboxylic acids is 1. The lowest BCUT2D eigenvalue weighted by molar-refractivity contribution is -0.110. The maximum Gasteiger partial charge on any atom is 0.256 e. The minimum atomic E-state index is -0.162. The van der Waals surface area contributed by atoms with Crippen molar-refractivity contribution in [3.63, 3.8) is 0 Å². The summed E-state index contributed by atoms with van der Waals surface area (Å²) in [5.41, 5.74) is 4.44. The number of aromatic hydroxyl groups is 1. The topological polar surface area (TPSA) is 74.4 Å². The van der Waals surface area contributed by atoms with Crippen molar-refractivity contribution < 1.29 is 14.6 Å². The number of amides is 1. The number of nitrogens with one attached hydrogen (secondary N) is 2. The van der Waals surface area contributed by atoms with E-state index in [9.17, 15) is 9.90 Å². The lowest BCUT2D eigenvalue weighted by Gasteiger charge is -2.01. The molecule has 0 spiro atoms. The molecule has 0 aliphatic carbocycles. The lowest BCUT2D eigenvalue weighted by Crippen LogP contribution is -2.03. The number of rotatable bonds is 2. The Labute approximate surface area is 156 Å². The fraction of sp³-hybridized carbons (Fsp3) is 0.0455. The molecule has 132 valence electrons. The SMILES string of the molecule is COc1cc[nH]c1/C=C1\C(=O)Nc2ccc(C#Cc3ccc(O)cc3)cc21. The molecule has 1 aliphatic heterocycles. The van der Waals surface area contributed by atoms with Crippen molar-refractivity contribution in [1.29, 1.82) is 0 Å². The first kappa shape index (κ1) is 16.6. The van der Waals surface area contributed by atoms with Crippen molar-refractivity contribution in [2.45, 2.75) is 0 Å². The van der Waals surface area contributed by atoms with E-state index in [-0.39, 0.29) is 11.7 Å². The molecule has 1 amide bonds. The fourth-order valence-electron chi connectivity index (χ4n) is 2.90. The summed E-state index contributed by atoms with van der Waals surface area (Å²) in [4.78, 5) is 15.5. The number of methoxy groups -OCH3 is 1. The summed E-state index contributed by atoms with van der Waals surface area (Å²) in [6.07, 6.45) is 3.54. The van der Waals surface area contributed by atoms with Gasteiger partial charge < -0.3 is 20.1 Å². The molecular weight excluding hydrogens is 340 g/mol. The standard InChI is InChI=1S/C22H16N2O3/c1-27-21-10-11-23-20(21)13-18-17-12-15(6-9-19(17)24-22(18)26)3-2-14-4-7-16(25)8-5-14/h4-13,23,25H,1H3,(H,24,26)/b18-13-. The van der Waals surface area contributed by atoms with Gasteiger partial charge in [0.15, 0.2) is 0 Å². The van der Waals surface area contributed by atoms with Crippen molar-refractivity contribution in [2.75, 3.05) is 12.4 Å². The second-order valence-corrected chi connectivity index (χ2v) is 6.03. The number of fused-ring (bicyclic) bond motifs is 1. The van der Waals surface area contributed by atoms with Crippen LogP contribution >= 0.6 is 0 Å². The predicted molar refractivity (Wildman–Crippen MR) is 104 cm³/mol. The van der Waals surface area contributed by atoms with Gasteiger partial charge in [-0.1, -0.05) is 11.8 Å². The highest BCUT2D eigenvalue weighted by atomic mass is 16.5. The molecule has 27 heavy (non-hydrogen) atoms. The van der Waals surface area contributed by atoms with Gasteiger partial charge in [0.1, 0.15) is 11.5 Å². The average Bonchev–Trinajstić information content (AvgIpc) is 3.25. The summed E-state index contributed by atoms with van der Waals surface area (Å²) in [7, 11) is 1.59. The highest BCUT2D eigenvalue weighted by Gasteiger charge is 2.24. The number of ether oxygens (including phenoxy) is 1. The zero-order valence-electron chi connectivity index (χ0n) is 14.5. The van der Waals surface area contributed by atoms with Crippen molar-refractivity contribution in [3.05, 3.63) is 77.1 Å². The van der Waals surface area contributed by atoms with Gasteiger partial charge in [0, 0.05) is 28.6 Å². The molecule has 1 aromatic heterocycles. The van der Waals surface area contributed by atoms with Gasteiger partial charge in [0.05, 0.1) is 18.4 Å². The smallest absolute Gasteiger partial charge is 0.256 e. The molecule has 0 atom stereocenters. The monoisotopic (exact) mass is 356 g/mol. The molecule has 0 unspecified atom stereocenters. The van der Waals surface area contributed by atoms with Crippen molar-refractivity contribution >= 4 is 23.2 Å². The highest BCUT2D eigenvalue weighted by molar-refractivity contribution is 6.35. The number of carbonyl (C=O) groups is 1. The Hall–Kier alpha value is -3.91. The van der Waals surface area contributed by atoms with Crippen LogP contribution in [-0.4, -0.2) is 23.1 Å². The van der Waals surface area contributed by atoms with E-state index in [1.54, 1.807) is 49.7 Å². The number of benzene rings is 2. The lowest BCUT2D eigenvalue weighted by atomic mass is 10.0. The molecule has 0 fully saturated rings. The summed E-state index contributed by atoms with van der Waals surface area (Å²) < 4.78 is 5.29. The third kappa shape index (κ3) is 3.29.